The molecule has 0 unspecified atom stereocenters. The molecule has 1 saturated carbocycles. The van der Waals surface area contributed by atoms with Crippen molar-refractivity contribution in [3.8, 4) is 0 Å². The quantitative estimate of drug-likeness (QED) is 0.604. The van der Waals surface area contributed by atoms with E-state index in [4.69, 9.17) is 9.97 Å². The summed E-state index contributed by atoms with van der Waals surface area (Å²) < 4.78 is 2.07. The Hall–Kier alpha value is -2.67. The van der Waals surface area contributed by atoms with Crippen molar-refractivity contribution in [2.75, 3.05) is 10.6 Å². The van der Waals surface area contributed by atoms with Crippen LogP contribution in [0, 0.1) is 0 Å². The van der Waals surface area contributed by atoms with Gasteiger partial charge in [0, 0.05) is 18.6 Å². The number of benzene rings is 1. The fourth-order valence-electron chi connectivity index (χ4n) is 3.67. The summed E-state index contributed by atoms with van der Waals surface area (Å²) in [5, 5.41) is 16.7. The molecule has 1 aromatic carbocycles. The lowest BCUT2D eigenvalue weighted by molar-refractivity contribution is 0.126. The Kier molecular flexibility index (Phi) is 5.43. The second kappa shape index (κ2) is 8.14. The molecule has 148 valence electrons. The van der Waals surface area contributed by atoms with Gasteiger partial charge in [-0.2, -0.15) is 9.97 Å². The van der Waals surface area contributed by atoms with Gasteiger partial charge >= 0.3 is 0 Å². The van der Waals surface area contributed by atoms with Gasteiger partial charge in [-0.3, -0.25) is 0 Å². The summed E-state index contributed by atoms with van der Waals surface area (Å²) >= 11 is 0. The average molecular weight is 380 g/mol. The van der Waals surface area contributed by atoms with Gasteiger partial charge in [-0.25, -0.2) is 4.98 Å². The van der Waals surface area contributed by atoms with Crippen molar-refractivity contribution >= 4 is 22.9 Å². The smallest absolute Gasteiger partial charge is 0.227 e. The molecule has 0 aliphatic heterocycles. The minimum Gasteiger partial charge on any atom is -0.393 e. The minimum atomic E-state index is -0.174. The van der Waals surface area contributed by atoms with E-state index in [1.54, 1.807) is 0 Å². The highest BCUT2D eigenvalue weighted by Crippen LogP contribution is 2.26. The van der Waals surface area contributed by atoms with Gasteiger partial charge in [0.05, 0.1) is 12.4 Å². The summed E-state index contributed by atoms with van der Waals surface area (Å²) in [6, 6.07) is 10.8. The third kappa shape index (κ3) is 4.09. The molecule has 2 heterocycles. The summed E-state index contributed by atoms with van der Waals surface area (Å²) in [7, 11) is 0. The Balaban J connectivity index is 1.62. The van der Waals surface area contributed by atoms with Gasteiger partial charge in [-0.1, -0.05) is 30.3 Å². The van der Waals surface area contributed by atoms with E-state index in [0.29, 0.717) is 18.5 Å². The molecule has 0 atom stereocenters. The van der Waals surface area contributed by atoms with Crippen molar-refractivity contribution < 1.29 is 5.11 Å². The molecule has 0 amide bonds. The van der Waals surface area contributed by atoms with E-state index in [2.05, 4.69) is 46.2 Å². The normalized spacial score (nSPS) is 19.9. The van der Waals surface area contributed by atoms with E-state index in [9.17, 15) is 5.11 Å². The predicted octanol–water partition coefficient (Wildman–Crippen LogP) is 3.73. The predicted molar refractivity (Wildman–Crippen MR) is 111 cm³/mol. The van der Waals surface area contributed by atoms with Crippen LogP contribution in [0.15, 0.2) is 36.7 Å². The number of imidazole rings is 1. The second-order valence-electron chi connectivity index (χ2n) is 7.80. The van der Waals surface area contributed by atoms with E-state index in [0.717, 1.165) is 42.7 Å². The highest BCUT2D eigenvalue weighted by atomic mass is 16.3. The van der Waals surface area contributed by atoms with Gasteiger partial charge in [-0.15, -0.1) is 0 Å². The van der Waals surface area contributed by atoms with Crippen molar-refractivity contribution in [1.82, 2.24) is 19.5 Å². The number of hydrogen-bond acceptors (Lipinski definition) is 6. The van der Waals surface area contributed by atoms with Crippen molar-refractivity contribution in [3.63, 3.8) is 0 Å². The number of anilines is 2. The van der Waals surface area contributed by atoms with Crippen molar-refractivity contribution in [2.24, 2.45) is 0 Å². The van der Waals surface area contributed by atoms with Crippen LogP contribution < -0.4 is 10.6 Å². The molecule has 4 rings (SSSR count). The number of nitrogens with one attached hydrogen (secondary N) is 2. The average Bonchev–Trinajstić information content (AvgIpc) is 3.13. The maximum atomic E-state index is 9.75. The van der Waals surface area contributed by atoms with E-state index >= 15 is 0 Å². The van der Waals surface area contributed by atoms with E-state index in [-0.39, 0.29) is 12.1 Å². The third-order valence-electron chi connectivity index (χ3n) is 5.31. The first kappa shape index (κ1) is 18.7. The number of fused-ring (bicyclic) bond motifs is 1. The highest BCUT2D eigenvalue weighted by molar-refractivity contribution is 5.84. The Bertz CT molecular complexity index is 915. The molecule has 1 fully saturated rings. The van der Waals surface area contributed by atoms with E-state index < -0.39 is 0 Å². The SMILES string of the molecule is CC(C)n1cnc2c(NCc3ccccc3)nc(NC3CCC(O)CC3)nc21. The van der Waals surface area contributed by atoms with Crippen LogP contribution in [0.25, 0.3) is 11.2 Å². The third-order valence-corrected chi connectivity index (χ3v) is 5.31. The Morgan fingerprint density at radius 1 is 1.11 bits per heavy atom. The van der Waals surface area contributed by atoms with Gasteiger partial charge < -0.3 is 20.3 Å². The zero-order valence-electron chi connectivity index (χ0n) is 16.5. The zero-order valence-corrected chi connectivity index (χ0v) is 16.5. The second-order valence-corrected chi connectivity index (χ2v) is 7.80. The number of hydrogen-bond donors (Lipinski definition) is 3. The van der Waals surface area contributed by atoms with Gasteiger partial charge in [0.1, 0.15) is 0 Å². The van der Waals surface area contributed by atoms with Crippen molar-refractivity contribution in [2.45, 2.75) is 64.3 Å². The lowest BCUT2D eigenvalue weighted by Gasteiger charge is -2.26. The van der Waals surface area contributed by atoms with Crippen LogP contribution >= 0.6 is 0 Å². The number of nitrogens with zero attached hydrogens (tertiary/aromatic N) is 4. The molecule has 28 heavy (non-hydrogen) atoms. The van der Waals surface area contributed by atoms with E-state index in [1.807, 2.05) is 24.5 Å². The Labute approximate surface area is 165 Å². The Morgan fingerprint density at radius 2 is 1.86 bits per heavy atom. The molecule has 0 spiro atoms. The number of aliphatic hydroxyl groups excluding tert-OH is 1. The van der Waals surface area contributed by atoms with Crippen molar-refractivity contribution in [1.29, 1.82) is 0 Å². The summed E-state index contributed by atoms with van der Waals surface area (Å²) in [4.78, 5) is 14.1. The molecule has 7 heteroatoms. The lowest BCUT2D eigenvalue weighted by atomic mass is 9.93. The van der Waals surface area contributed by atoms with Gasteiger partial charge in [0.15, 0.2) is 17.0 Å². The first-order valence-electron chi connectivity index (χ1n) is 10.1. The molecular formula is C21H28N6O. The van der Waals surface area contributed by atoms with Crippen LogP contribution in [0.2, 0.25) is 0 Å². The van der Waals surface area contributed by atoms with Gasteiger partial charge in [-0.05, 0) is 45.1 Å². The van der Waals surface area contributed by atoms with Crippen LogP contribution in [0.4, 0.5) is 11.8 Å². The van der Waals surface area contributed by atoms with Crippen LogP contribution in [0.3, 0.4) is 0 Å². The van der Waals surface area contributed by atoms with Crippen LogP contribution in [0.5, 0.6) is 0 Å². The Morgan fingerprint density at radius 3 is 2.57 bits per heavy atom. The standard InChI is InChI=1S/C21H28N6O/c1-14(2)27-13-23-18-19(22-12-15-6-4-3-5-7-15)25-21(26-20(18)27)24-16-8-10-17(28)11-9-16/h3-7,13-14,16-17,28H,8-12H2,1-2H3,(H2,22,24,25,26). The van der Waals surface area contributed by atoms with Crippen molar-refractivity contribution in [3.05, 3.63) is 42.2 Å². The summed E-state index contributed by atoms with van der Waals surface area (Å²) in [6.45, 7) is 4.92. The molecule has 0 saturated heterocycles. The number of rotatable bonds is 6. The highest BCUT2D eigenvalue weighted by Gasteiger charge is 2.21. The van der Waals surface area contributed by atoms with Gasteiger partial charge in [0.2, 0.25) is 5.95 Å². The topological polar surface area (TPSA) is 87.9 Å². The zero-order chi connectivity index (χ0) is 19.5. The maximum absolute atomic E-state index is 9.75. The van der Waals surface area contributed by atoms with Gasteiger partial charge in [0.25, 0.3) is 0 Å². The lowest BCUT2D eigenvalue weighted by Crippen LogP contribution is -2.29. The molecule has 1 aliphatic carbocycles. The first-order chi connectivity index (χ1) is 13.6. The monoisotopic (exact) mass is 380 g/mol. The minimum absolute atomic E-state index is 0.174. The summed E-state index contributed by atoms with van der Waals surface area (Å²) in [6.07, 6.45) is 5.16. The molecule has 2 aromatic heterocycles. The molecule has 0 radical (unpaired) electrons. The molecule has 3 N–H and O–H groups in total. The molecule has 7 nitrogen and oxygen atoms in total. The van der Waals surface area contributed by atoms with Crippen LogP contribution in [-0.2, 0) is 6.54 Å². The fraction of sp³-hybridized carbons (Fsp3) is 0.476. The molecule has 1 aliphatic rings. The number of aliphatic hydroxyl groups is 1. The van der Waals surface area contributed by atoms with Crippen LogP contribution in [0.1, 0.15) is 51.1 Å². The fourth-order valence-corrected chi connectivity index (χ4v) is 3.67. The van der Waals surface area contributed by atoms with E-state index in [1.165, 1.54) is 5.56 Å². The summed E-state index contributed by atoms with van der Waals surface area (Å²) in [5.74, 6) is 1.36. The molecule has 0 bridgehead atoms. The first-order valence-corrected chi connectivity index (χ1v) is 10.1. The summed E-state index contributed by atoms with van der Waals surface area (Å²) in [5.41, 5.74) is 2.81. The molecular weight excluding hydrogens is 352 g/mol. The largest absolute Gasteiger partial charge is 0.393 e. The maximum Gasteiger partial charge on any atom is 0.227 e. The molecule has 3 aromatic rings. The number of aromatic nitrogens is 4. The van der Waals surface area contributed by atoms with Crippen LogP contribution in [-0.4, -0.2) is 36.8 Å².